The Balaban J connectivity index is 2.19. The van der Waals surface area contributed by atoms with E-state index in [1.807, 2.05) is 0 Å². The Labute approximate surface area is 93.1 Å². The maximum atomic E-state index is 11.3. The van der Waals surface area contributed by atoms with Crippen LogP contribution in [0.1, 0.15) is 12.8 Å². The Morgan fingerprint density at radius 2 is 2.12 bits per heavy atom. The summed E-state index contributed by atoms with van der Waals surface area (Å²) >= 11 is 0. The average molecular weight is 232 g/mol. The van der Waals surface area contributed by atoms with E-state index >= 15 is 0 Å². The van der Waals surface area contributed by atoms with Crippen molar-refractivity contribution in [2.75, 3.05) is 13.9 Å². The SMILES string of the molecule is CO[C@@H]1OCOC(=O)C[C@H]2[C@H]1[C@@H](O)C[C@H]2O. The molecule has 2 N–H and O–H groups in total. The largest absolute Gasteiger partial charge is 0.438 e. The van der Waals surface area contributed by atoms with Crippen LogP contribution in [-0.2, 0) is 19.0 Å². The Morgan fingerprint density at radius 3 is 2.81 bits per heavy atom. The molecule has 0 spiro atoms. The standard InChI is InChI=1S/C10H16O6/c1-14-10-9-5(6(11)3-7(9)12)2-8(13)15-4-16-10/h5-7,9-12H,2-4H2,1H3/t5-,6-,7+,9+,10-/m1/s1. The van der Waals surface area contributed by atoms with Crippen molar-refractivity contribution in [3.05, 3.63) is 0 Å². The van der Waals surface area contributed by atoms with E-state index in [2.05, 4.69) is 0 Å². The minimum absolute atomic E-state index is 0.0894. The molecule has 1 saturated heterocycles. The van der Waals surface area contributed by atoms with Crippen LogP contribution in [0.15, 0.2) is 0 Å². The molecule has 0 amide bonds. The fourth-order valence-corrected chi connectivity index (χ4v) is 2.53. The smallest absolute Gasteiger partial charge is 0.308 e. The number of rotatable bonds is 1. The maximum Gasteiger partial charge on any atom is 0.308 e. The van der Waals surface area contributed by atoms with Crippen molar-refractivity contribution in [1.29, 1.82) is 0 Å². The van der Waals surface area contributed by atoms with Gasteiger partial charge in [0.05, 0.1) is 18.6 Å². The number of aliphatic hydroxyl groups excluding tert-OH is 2. The lowest BCUT2D eigenvalue weighted by Gasteiger charge is -2.31. The number of cyclic esters (lactones) is 1. The van der Waals surface area contributed by atoms with Crippen molar-refractivity contribution in [3.63, 3.8) is 0 Å². The number of hydrogen-bond acceptors (Lipinski definition) is 6. The number of ether oxygens (including phenoxy) is 3. The van der Waals surface area contributed by atoms with Gasteiger partial charge in [-0.25, -0.2) is 0 Å². The average Bonchev–Trinajstić information content (AvgIpc) is 2.46. The molecule has 16 heavy (non-hydrogen) atoms. The number of carbonyl (C=O) groups excluding carboxylic acids is 1. The number of methoxy groups -OCH3 is 1. The van der Waals surface area contributed by atoms with Gasteiger partial charge in [0.2, 0.25) is 0 Å². The van der Waals surface area contributed by atoms with Crippen LogP contribution >= 0.6 is 0 Å². The summed E-state index contributed by atoms with van der Waals surface area (Å²) < 4.78 is 15.1. The van der Waals surface area contributed by atoms with Gasteiger partial charge in [-0.1, -0.05) is 0 Å². The lowest BCUT2D eigenvalue weighted by Crippen LogP contribution is -2.40. The van der Waals surface area contributed by atoms with E-state index in [1.54, 1.807) is 0 Å². The van der Waals surface area contributed by atoms with Crippen molar-refractivity contribution in [2.24, 2.45) is 11.8 Å². The van der Waals surface area contributed by atoms with Gasteiger partial charge in [-0.15, -0.1) is 0 Å². The van der Waals surface area contributed by atoms with E-state index in [1.165, 1.54) is 7.11 Å². The molecule has 1 aliphatic carbocycles. The fraction of sp³-hybridized carbons (Fsp3) is 0.900. The molecular weight excluding hydrogens is 216 g/mol. The molecule has 2 rings (SSSR count). The highest BCUT2D eigenvalue weighted by Crippen LogP contribution is 2.39. The zero-order valence-corrected chi connectivity index (χ0v) is 9.04. The van der Waals surface area contributed by atoms with E-state index in [-0.39, 0.29) is 31.5 Å². The molecule has 1 aliphatic heterocycles. The Hall–Kier alpha value is -0.690. The van der Waals surface area contributed by atoms with E-state index < -0.39 is 24.5 Å². The first-order valence-corrected chi connectivity index (χ1v) is 5.29. The lowest BCUT2D eigenvalue weighted by molar-refractivity contribution is -0.233. The van der Waals surface area contributed by atoms with Crippen LogP contribution in [-0.4, -0.2) is 48.6 Å². The Morgan fingerprint density at radius 1 is 1.38 bits per heavy atom. The van der Waals surface area contributed by atoms with Gasteiger partial charge in [-0.3, -0.25) is 4.79 Å². The Kier molecular flexibility index (Phi) is 3.44. The number of fused-ring (bicyclic) bond motifs is 1. The molecule has 1 saturated carbocycles. The number of esters is 1. The van der Waals surface area contributed by atoms with Gasteiger partial charge in [-0.05, 0) is 6.42 Å². The fourth-order valence-electron chi connectivity index (χ4n) is 2.53. The molecule has 1 heterocycles. The van der Waals surface area contributed by atoms with E-state index in [0.717, 1.165) is 0 Å². The van der Waals surface area contributed by atoms with Gasteiger partial charge in [0, 0.05) is 18.9 Å². The summed E-state index contributed by atoms with van der Waals surface area (Å²) in [5.41, 5.74) is 0. The first kappa shape index (κ1) is 11.8. The van der Waals surface area contributed by atoms with E-state index in [0.29, 0.717) is 0 Å². The molecular formula is C10H16O6. The summed E-state index contributed by atoms with van der Waals surface area (Å²) in [5, 5.41) is 19.6. The summed E-state index contributed by atoms with van der Waals surface area (Å²) in [4.78, 5) is 11.3. The minimum Gasteiger partial charge on any atom is -0.438 e. The Bertz CT molecular complexity index is 268. The van der Waals surface area contributed by atoms with Crippen molar-refractivity contribution in [1.82, 2.24) is 0 Å². The molecule has 0 aromatic rings. The zero-order chi connectivity index (χ0) is 11.7. The summed E-state index contributed by atoms with van der Waals surface area (Å²) in [5.74, 6) is -1.17. The van der Waals surface area contributed by atoms with Gasteiger partial charge >= 0.3 is 5.97 Å². The van der Waals surface area contributed by atoms with Crippen LogP contribution < -0.4 is 0 Å². The van der Waals surface area contributed by atoms with Crippen molar-refractivity contribution in [3.8, 4) is 0 Å². The number of hydrogen-bond donors (Lipinski definition) is 2. The van der Waals surface area contributed by atoms with Crippen LogP contribution in [0.4, 0.5) is 0 Å². The monoisotopic (exact) mass is 232 g/mol. The molecule has 0 bridgehead atoms. The lowest BCUT2D eigenvalue weighted by atomic mass is 9.90. The van der Waals surface area contributed by atoms with Gasteiger partial charge in [0.15, 0.2) is 13.1 Å². The quantitative estimate of drug-likeness (QED) is 0.578. The highest BCUT2D eigenvalue weighted by molar-refractivity contribution is 5.69. The molecule has 5 atom stereocenters. The number of aliphatic hydroxyl groups is 2. The molecule has 2 aliphatic rings. The molecule has 0 aromatic carbocycles. The van der Waals surface area contributed by atoms with Gasteiger partial charge in [-0.2, -0.15) is 0 Å². The minimum atomic E-state index is -0.716. The van der Waals surface area contributed by atoms with Crippen LogP contribution in [0.5, 0.6) is 0 Å². The van der Waals surface area contributed by atoms with Gasteiger partial charge in [0.1, 0.15) is 0 Å². The number of carbonyl (C=O) groups is 1. The normalized spacial score (nSPS) is 44.4. The van der Waals surface area contributed by atoms with Crippen molar-refractivity contribution >= 4 is 5.97 Å². The summed E-state index contributed by atoms with van der Waals surface area (Å²) in [6, 6.07) is 0. The third kappa shape index (κ3) is 2.06. The first-order chi connectivity index (χ1) is 7.63. The molecule has 6 nitrogen and oxygen atoms in total. The van der Waals surface area contributed by atoms with E-state index in [9.17, 15) is 15.0 Å². The molecule has 92 valence electrons. The molecule has 0 unspecified atom stereocenters. The predicted octanol–water partition coefficient (Wildman–Crippen LogP) is -0.762. The third-order valence-corrected chi connectivity index (χ3v) is 3.32. The highest BCUT2D eigenvalue weighted by atomic mass is 16.8. The van der Waals surface area contributed by atoms with Gasteiger partial charge in [0.25, 0.3) is 0 Å². The van der Waals surface area contributed by atoms with Crippen molar-refractivity contribution < 1.29 is 29.2 Å². The zero-order valence-electron chi connectivity index (χ0n) is 9.04. The third-order valence-electron chi connectivity index (χ3n) is 3.32. The molecule has 0 radical (unpaired) electrons. The molecule has 0 aromatic heterocycles. The van der Waals surface area contributed by atoms with Crippen LogP contribution in [0.3, 0.4) is 0 Å². The summed E-state index contributed by atoms with van der Waals surface area (Å²) in [6.07, 6.45) is -1.74. The second-order valence-corrected chi connectivity index (χ2v) is 4.22. The summed E-state index contributed by atoms with van der Waals surface area (Å²) in [7, 11) is 1.46. The topological polar surface area (TPSA) is 85.2 Å². The first-order valence-electron chi connectivity index (χ1n) is 5.29. The maximum absolute atomic E-state index is 11.3. The second kappa shape index (κ2) is 4.67. The van der Waals surface area contributed by atoms with Crippen LogP contribution in [0.2, 0.25) is 0 Å². The predicted molar refractivity (Wildman–Crippen MR) is 51.1 cm³/mol. The van der Waals surface area contributed by atoms with Crippen molar-refractivity contribution in [2.45, 2.75) is 31.3 Å². The summed E-state index contributed by atoms with van der Waals surface area (Å²) in [6.45, 7) is -0.177. The molecule has 2 fully saturated rings. The second-order valence-electron chi connectivity index (χ2n) is 4.22. The molecule has 6 heteroatoms. The van der Waals surface area contributed by atoms with E-state index in [4.69, 9.17) is 14.2 Å². The van der Waals surface area contributed by atoms with Gasteiger partial charge < -0.3 is 24.4 Å². The van der Waals surface area contributed by atoms with Crippen LogP contribution in [0, 0.1) is 11.8 Å². The highest BCUT2D eigenvalue weighted by Gasteiger charge is 2.48. The van der Waals surface area contributed by atoms with Crippen LogP contribution in [0.25, 0.3) is 0 Å².